The molecular weight excluding hydrogens is 466 g/mol. The van der Waals surface area contributed by atoms with E-state index in [-0.39, 0.29) is 5.91 Å². The van der Waals surface area contributed by atoms with E-state index < -0.39 is 5.91 Å². The molecule has 0 unspecified atom stereocenters. The van der Waals surface area contributed by atoms with Crippen molar-refractivity contribution in [3.8, 4) is 11.3 Å². The minimum atomic E-state index is -0.491. The third-order valence-corrected chi connectivity index (χ3v) is 7.70. The van der Waals surface area contributed by atoms with Crippen molar-refractivity contribution in [3.05, 3.63) is 81.2 Å². The number of carbonyl (C=O) groups excluding carboxylic acids is 2. The van der Waals surface area contributed by atoms with Gasteiger partial charge in [-0.1, -0.05) is 54.8 Å². The number of hydrogen-bond acceptors (Lipinski definition) is 4. The summed E-state index contributed by atoms with van der Waals surface area (Å²) in [5, 5.41) is 4.93. The molecule has 0 spiro atoms. The van der Waals surface area contributed by atoms with Crippen LogP contribution in [0, 0.1) is 0 Å². The fourth-order valence-corrected chi connectivity index (χ4v) is 5.99. The molecule has 1 aliphatic carbocycles. The van der Waals surface area contributed by atoms with Gasteiger partial charge in [0.25, 0.3) is 11.8 Å². The van der Waals surface area contributed by atoms with Gasteiger partial charge in [-0.3, -0.25) is 9.59 Å². The van der Waals surface area contributed by atoms with Crippen LogP contribution in [0.1, 0.15) is 56.8 Å². The third kappa shape index (κ3) is 4.43. The number of nitrogens with zero attached hydrogens (tertiary/aromatic N) is 1. The van der Waals surface area contributed by atoms with Gasteiger partial charge in [-0.25, -0.2) is 4.98 Å². The Hall–Kier alpha value is -3.22. The van der Waals surface area contributed by atoms with Crippen LogP contribution in [0.5, 0.6) is 0 Å². The van der Waals surface area contributed by atoms with E-state index in [1.54, 1.807) is 18.2 Å². The highest BCUT2D eigenvalue weighted by Gasteiger charge is 2.25. The smallest absolute Gasteiger partial charge is 0.257 e. The number of primary amides is 1. The van der Waals surface area contributed by atoms with E-state index in [1.807, 2.05) is 36.4 Å². The number of amides is 2. The van der Waals surface area contributed by atoms with Crippen LogP contribution >= 0.6 is 22.9 Å². The highest BCUT2D eigenvalue weighted by molar-refractivity contribution is 7.17. The first-order chi connectivity index (χ1) is 16.5. The van der Waals surface area contributed by atoms with E-state index in [0.717, 1.165) is 53.5 Å². The molecule has 172 valence electrons. The number of carbonyl (C=O) groups is 2. The van der Waals surface area contributed by atoms with E-state index in [9.17, 15) is 9.59 Å². The van der Waals surface area contributed by atoms with E-state index in [2.05, 4.69) is 5.32 Å². The van der Waals surface area contributed by atoms with Gasteiger partial charge < -0.3 is 11.1 Å². The number of hydrogen-bond donors (Lipinski definition) is 2. The Morgan fingerprint density at radius 3 is 2.47 bits per heavy atom. The highest BCUT2D eigenvalue weighted by atomic mass is 35.5. The minimum absolute atomic E-state index is 0.287. The Kier molecular flexibility index (Phi) is 6.35. The molecule has 1 aliphatic rings. The molecule has 7 heteroatoms. The number of anilines is 1. The van der Waals surface area contributed by atoms with Crippen LogP contribution in [0.15, 0.2) is 54.6 Å². The van der Waals surface area contributed by atoms with Crippen molar-refractivity contribution in [2.45, 2.75) is 38.5 Å². The predicted molar refractivity (Wildman–Crippen MR) is 139 cm³/mol. The first-order valence-corrected chi connectivity index (χ1v) is 12.6. The van der Waals surface area contributed by atoms with Crippen molar-refractivity contribution < 1.29 is 9.59 Å². The van der Waals surface area contributed by atoms with Gasteiger partial charge in [0.05, 0.1) is 22.3 Å². The summed E-state index contributed by atoms with van der Waals surface area (Å²) < 4.78 is 0. The Morgan fingerprint density at radius 1 is 0.971 bits per heavy atom. The Morgan fingerprint density at radius 2 is 1.71 bits per heavy atom. The summed E-state index contributed by atoms with van der Waals surface area (Å²) in [5.74, 6) is -0.777. The molecule has 4 aromatic rings. The Balaban J connectivity index is 1.57. The maximum absolute atomic E-state index is 13.6. The van der Waals surface area contributed by atoms with Crippen molar-refractivity contribution in [1.29, 1.82) is 0 Å². The van der Waals surface area contributed by atoms with Crippen LogP contribution in [0.2, 0.25) is 5.02 Å². The summed E-state index contributed by atoms with van der Waals surface area (Å²) in [6.45, 7) is 0. The largest absolute Gasteiger partial charge is 0.365 e. The monoisotopic (exact) mass is 489 g/mol. The van der Waals surface area contributed by atoms with Crippen LogP contribution in [0.25, 0.3) is 22.2 Å². The fourth-order valence-electron chi connectivity index (χ4n) is 4.57. The first kappa shape index (κ1) is 22.6. The molecule has 34 heavy (non-hydrogen) atoms. The number of thiophene rings is 1. The van der Waals surface area contributed by atoms with E-state index in [1.165, 1.54) is 17.8 Å². The molecular formula is C27H24ClN3O2S. The number of fused-ring (bicyclic) bond motifs is 2. The van der Waals surface area contributed by atoms with E-state index in [0.29, 0.717) is 32.4 Å². The van der Waals surface area contributed by atoms with Crippen LogP contribution < -0.4 is 11.1 Å². The van der Waals surface area contributed by atoms with Gasteiger partial charge in [0.15, 0.2) is 0 Å². The van der Waals surface area contributed by atoms with E-state index in [4.69, 9.17) is 22.3 Å². The molecule has 2 aromatic heterocycles. The number of para-hydroxylation sites is 1. The molecule has 5 rings (SSSR count). The molecule has 0 bridgehead atoms. The Bertz CT molecular complexity index is 1400. The van der Waals surface area contributed by atoms with Gasteiger partial charge in [0.2, 0.25) is 0 Å². The van der Waals surface area contributed by atoms with Gasteiger partial charge in [-0.05, 0) is 55.5 Å². The van der Waals surface area contributed by atoms with Crippen LogP contribution in [-0.4, -0.2) is 16.8 Å². The van der Waals surface area contributed by atoms with Crippen molar-refractivity contribution in [1.82, 2.24) is 4.98 Å². The molecule has 2 heterocycles. The van der Waals surface area contributed by atoms with Crippen molar-refractivity contribution in [2.75, 3.05) is 5.32 Å². The van der Waals surface area contributed by atoms with Gasteiger partial charge >= 0.3 is 0 Å². The lowest BCUT2D eigenvalue weighted by Gasteiger charge is -2.11. The zero-order valence-corrected chi connectivity index (χ0v) is 20.1. The topological polar surface area (TPSA) is 85.1 Å². The zero-order chi connectivity index (χ0) is 23.7. The second kappa shape index (κ2) is 9.57. The second-order valence-electron chi connectivity index (χ2n) is 8.52. The standard InChI is InChI=1S/C27H24ClN3O2S/c28-17-13-11-16(12-14-17)22-15-20(18-7-5-6-9-21(18)30-22)26(33)31-27-24(25(29)32)19-8-3-1-2-4-10-23(19)34-27/h5-7,9,11-15H,1-4,8,10H2,(H2,29,32)(H,31,33). The average Bonchev–Trinajstić information content (AvgIpc) is 3.14. The summed E-state index contributed by atoms with van der Waals surface area (Å²) in [5.41, 5.74) is 10.0. The van der Waals surface area contributed by atoms with Gasteiger partial charge in [-0.15, -0.1) is 11.3 Å². The van der Waals surface area contributed by atoms with Crippen LogP contribution in [-0.2, 0) is 12.8 Å². The number of rotatable bonds is 4. The summed E-state index contributed by atoms with van der Waals surface area (Å²) in [6, 6.07) is 16.7. The maximum Gasteiger partial charge on any atom is 0.257 e. The predicted octanol–water partition coefficient (Wildman–Crippen LogP) is 6.63. The Labute approximate surface area is 207 Å². The second-order valence-corrected chi connectivity index (χ2v) is 10.1. The molecule has 0 saturated heterocycles. The third-order valence-electron chi connectivity index (χ3n) is 6.25. The van der Waals surface area contributed by atoms with Crippen molar-refractivity contribution in [2.24, 2.45) is 5.73 Å². The van der Waals surface area contributed by atoms with Crippen LogP contribution in [0.4, 0.5) is 5.00 Å². The highest BCUT2D eigenvalue weighted by Crippen LogP contribution is 2.37. The molecule has 2 aromatic carbocycles. The minimum Gasteiger partial charge on any atom is -0.365 e. The lowest BCUT2D eigenvalue weighted by Crippen LogP contribution is -2.18. The molecule has 0 radical (unpaired) electrons. The number of aromatic nitrogens is 1. The molecule has 2 amide bonds. The lowest BCUT2D eigenvalue weighted by molar-refractivity contribution is 0.100. The summed E-state index contributed by atoms with van der Waals surface area (Å²) in [7, 11) is 0. The lowest BCUT2D eigenvalue weighted by atomic mass is 9.96. The molecule has 0 fully saturated rings. The molecule has 3 N–H and O–H groups in total. The average molecular weight is 490 g/mol. The summed E-state index contributed by atoms with van der Waals surface area (Å²) in [6.07, 6.45) is 6.16. The zero-order valence-electron chi connectivity index (χ0n) is 18.6. The quantitative estimate of drug-likeness (QED) is 0.337. The number of halogens is 1. The summed E-state index contributed by atoms with van der Waals surface area (Å²) in [4.78, 5) is 31.9. The number of pyridine rings is 1. The molecule has 0 aliphatic heterocycles. The first-order valence-electron chi connectivity index (χ1n) is 11.4. The van der Waals surface area contributed by atoms with Crippen molar-refractivity contribution in [3.63, 3.8) is 0 Å². The van der Waals surface area contributed by atoms with Gasteiger partial charge in [0, 0.05) is 20.8 Å². The number of nitrogens with two attached hydrogens (primary N) is 1. The number of aryl methyl sites for hydroxylation is 1. The van der Waals surface area contributed by atoms with Crippen LogP contribution in [0.3, 0.4) is 0 Å². The molecule has 5 nitrogen and oxygen atoms in total. The SMILES string of the molecule is NC(=O)c1c(NC(=O)c2cc(-c3ccc(Cl)cc3)nc3ccccc23)sc2c1CCCCCC2. The normalized spacial score (nSPS) is 13.7. The van der Waals surface area contributed by atoms with Gasteiger partial charge in [0.1, 0.15) is 5.00 Å². The number of nitrogens with one attached hydrogen (secondary N) is 1. The maximum atomic E-state index is 13.6. The number of benzene rings is 2. The summed E-state index contributed by atoms with van der Waals surface area (Å²) >= 11 is 7.53. The fraction of sp³-hybridized carbons (Fsp3) is 0.222. The van der Waals surface area contributed by atoms with E-state index >= 15 is 0 Å². The molecule has 0 atom stereocenters. The molecule has 0 saturated carbocycles. The van der Waals surface area contributed by atoms with Crippen molar-refractivity contribution >= 4 is 50.7 Å². The van der Waals surface area contributed by atoms with Gasteiger partial charge in [-0.2, -0.15) is 0 Å².